The van der Waals surface area contributed by atoms with Gasteiger partial charge in [0.25, 0.3) is 5.91 Å². The van der Waals surface area contributed by atoms with Crippen LogP contribution >= 0.6 is 27.5 Å². The lowest BCUT2D eigenvalue weighted by Crippen LogP contribution is -2.15. The van der Waals surface area contributed by atoms with Crippen LogP contribution in [0.3, 0.4) is 0 Å². The van der Waals surface area contributed by atoms with Crippen molar-refractivity contribution < 1.29 is 4.79 Å². The maximum absolute atomic E-state index is 11.1. The van der Waals surface area contributed by atoms with Gasteiger partial charge in [0, 0.05) is 0 Å². The number of alkyl halides is 1. The monoisotopic (exact) mass is 250 g/mol. The first-order valence-corrected chi connectivity index (χ1v) is 4.71. The highest BCUT2D eigenvalue weighted by Gasteiger charge is 2.13. The number of carbonyl (C=O) groups is 1. The summed E-state index contributed by atoms with van der Waals surface area (Å²) in [4.78, 5) is 11.1. The largest absolute Gasteiger partial charge is 0.271 e. The summed E-state index contributed by atoms with van der Waals surface area (Å²) in [5.74, 6) is -0.253. The van der Waals surface area contributed by atoms with Crippen molar-refractivity contribution in [2.24, 2.45) is 0 Å². The van der Waals surface area contributed by atoms with Crippen LogP contribution in [-0.4, -0.2) is 21.6 Å². The average molecular weight is 252 g/mol. The van der Waals surface area contributed by atoms with Crippen molar-refractivity contribution in [3.8, 4) is 0 Å². The van der Waals surface area contributed by atoms with Crippen LogP contribution in [0.2, 0.25) is 0 Å². The van der Waals surface area contributed by atoms with E-state index in [9.17, 15) is 4.79 Å². The van der Waals surface area contributed by atoms with Gasteiger partial charge in [0.05, 0.1) is 15.9 Å². The van der Waals surface area contributed by atoms with E-state index >= 15 is 0 Å². The summed E-state index contributed by atoms with van der Waals surface area (Å²) >= 11 is 8.71. The van der Waals surface area contributed by atoms with E-state index in [1.807, 2.05) is 13.8 Å². The van der Waals surface area contributed by atoms with Gasteiger partial charge in [-0.3, -0.25) is 4.79 Å². The molecule has 0 amide bonds. The minimum absolute atomic E-state index is 0.0472. The highest BCUT2D eigenvalue weighted by Crippen LogP contribution is 2.19. The van der Waals surface area contributed by atoms with Crippen LogP contribution in [0.15, 0.2) is 4.47 Å². The van der Waals surface area contributed by atoms with E-state index in [0.717, 1.165) is 15.9 Å². The number of aryl methyl sites for hydroxylation is 1. The Bertz CT molecular complexity index is 321. The predicted molar refractivity (Wildman–Crippen MR) is 50.7 cm³/mol. The SMILES string of the molecule is Cc1nn(C(=O)CCl)c(C)c1Br. The van der Waals surface area contributed by atoms with E-state index in [-0.39, 0.29) is 11.8 Å². The van der Waals surface area contributed by atoms with E-state index < -0.39 is 0 Å². The number of hydrogen-bond acceptors (Lipinski definition) is 2. The van der Waals surface area contributed by atoms with Crippen molar-refractivity contribution in [3.05, 3.63) is 15.9 Å². The molecule has 0 bridgehead atoms. The van der Waals surface area contributed by atoms with Crippen molar-refractivity contribution in [1.82, 2.24) is 9.78 Å². The molecule has 0 aliphatic rings. The second kappa shape index (κ2) is 3.58. The summed E-state index contributed by atoms with van der Waals surface area (Å²) in [5.41, 5.74) is 1.59. The third-order valence-electron chi connectivity index (χ3n) is 1.55. The molecule has 0 fully saturated rings. The van der Waals surface area contributed by atoms with Crippen LogP contribution in [0.1, 0.15) is 16.2 Å². The van der Waals surface area contributed by atoms with E-state index in [2.05, 4.69) is 21.0 Å². The van der Waals surface area contributed by atoms with E-state index in [4.69, 9.17) is 11.6 Å². The van der Waals surface area contributed by atoms with Crippen LogP contribution in [-0.2, 0) is 0 Å². The van der Waals surface area contributed by atoms with Gasteiger partial charge in [0.2, 0.25) is 0 Å². The Hall–Kier alpha value is -0.350. The van der Waals surface area contributed by atoms with Crippen LogP contribution in [0.4, 0.5) is 0 Å². The Kier molecular flexibility index (Phi) is 2.90. The van der Waals surface area contributed by atoms with Gasteiger partial charge in [-0.05, 0) is 29.8 Å². The molecular formula is C7H8BrClN2O. The molecule has 0 aliphatic carbocycles. The van der Waals surface area contributed by atoms with Gasteiger partial charge in [0.1, 0.15) is 5.88 Å². The summed E-state index contributed by atoms with van der Waals surface area (Å²) < 4.78 is 2.17. The number of hydrogen-bond donors (Lipinski definition) is 0. The summed E-state index contributed by atoms with van der Waals surface area (Å²) in [6.45, 7) is 3.64. The maximum Gasteiger partial charge on any atom is 0.262 e. The van der Waals surface area contributed by atoms with Crippen molar-refractivity contribution >= 4 is 33.4 Å². The van der Waals surface area contributed by atoms with Crippen molar-refractivity contribution in [2.75, 3.05) is 5.88 Å². The zero-order valence-electron chi connectivity index (χ0n) is 6.77. The van der Waals surface area contributed by atoms with Crippen LogP contribution in [0, 0.1) is 13.8 Å². The van der Waals surface area contributed by atoms with Crippen molar-refractivity contribution in [2.45, 2.75) is 13.8 Å². The molecule has 3 nitrogen and oxygen atoms in total. The predicted octanol–water partition coefficient (Wildman–Crippen LogP) is 2.14. The molecule has 0 N–H and O–H groups in total. The summed E-state index contributed by atoms with van der Waals surface area (Å²) in [7, 11) is 0. The first kappa shape index (κ1) is 9.74. The van der Waals surface area contributed by atoms with Gasteiger partial charge in [0.15, 0.2) is 0 Å². The normalized spacial score (nSPS) is 10.3. The zero-order chi connectivity index (χ0) is 9.30. The quantitative estimate of drug-likeness (QED) is 0.717. The standard InChI is InChI=1S/C7H8BrClN2O/c1-4-7(8)5(2)11(10-4)6(12)3-9/h3H2,1-2H3. The number of carbonyl (C=O) groups excluding carboxylic acids is 1. The van der Waals surface area contributed by atoms with Gasteiger partial charge in [-0.2, -0.15) is 5.10 Å². The van der Waals surface area contributed by atoms with Crippen LogP contribution in [0.25, 0.3) is 0 Å². The Balaban J connectivity index is 3.17. The third-order valence-corrected chi connectivity index (χ3v) is 2.93. The Morgan fingerprint density at radius 1 is 1.67 bits per heavy atom. The minimum atomic E-state index is -0.206. The van der Waals surface area contributed by atoms with Crippen LogP contribution in [0.5, 0.6) is 0 Å². The molecule has 1 heterocycles. The van der Waals surface area contributed by atoms with E-state index in [1.165, 1.54) is 4.68 Å². The fourth-order valence-corrected chi connectivity index (χ4v) is 1.28. The highest BCUT2D eigenvalue weighted by atomic mass is 79.9. The molecule has 0 aliphatic heterocycles. The fourth-order valence-electron chi connectivity index (χ4n) is 0.923. The molecule has 1 aromatic heterocycles. The first-order chi connectivity index (χ1) is 5.57. The van der Waals surface area contributed by atoms with Gasteiger partial charge < -0.3 is 0 Å². The maximum atomic E-state index is 11.1. The lowest BCUT2D eigenvalue weighted by atomic mass is 10.4. The molecular weight excluding hydrogens is 243 g/mol. The van der Waals surface area contributed by atoms with Crippen molar-refractivity contribution in [3.63, 3.8) is 0 Å². The molecule has 0 saturated carbocycles. The molecule has 0 radical (unpaired) electrons. The number of rotatable bonds is 1. The first-order valence-electron chi connectivity index (χ1n) is 3.38. The number of aromatic nitrogens is 2. The molecule has 0 unspecified atom stereocenters. The molecule has 5 heteroatoms. The van der Waals surface area contributed by atoms with Crippen LogP contribution < -0.4 is 0 Å². The molecule has 0 aromatic carbocycles. The van der Waals surface area contributed by atoms with Gasteiger partial charge in [-0.15, -0.1) is 11.6 Å². The van der Waals surface area contributed by atoms with Gasteiger partial charge in [-0.1, -0.05) is 0 Å². The molecule has 1 rings (SSSR count). The summed E-state index contributed by atoms with van der Waals surface area (Å²) in [6, 6.07) is 0. The molecule has 0 saturated heterocycles. The second-order valence-electron chi connectivity index (χ2n) is 2.42. The summed E-state index contributed by atoms with van der Waals surface area (Å²) in [5, 5.41) is 4.02. The Morgan fingerprint density at radius 2 is 2.25 bits per heavy atom. The van der Waals surface area contributed by atoms with E-state index in [0.29, 0.717) is 0 Å². The Labute approximate surface area is 83.8 Å². The Morgan fingerprint density at radius 3 is 2.58 bits per heavy atom. The molecule has 66 valence electrons. The molecule has 0 spiro atoms. The third kappa shape index (κ3) is 1.54. The molecule has 0 atom stereocenters. The fraction of sp³-hybridized carbons (Fsp3) is 0.429. The highest BCUT2D eigenvalue weighted by molar-refractivity contribution is 9.10. The molecule has 1 aromatic rings. The van der Waals surface area contributed by atoms with Gasteiger partial charge in [-0.25, -0.2) is 4.68 Å². The smallest absolute Gasteiger partial charge is 0.262 e. The zero-order valence-corrected chi connectivity index (χ0v) is 9.11. The van der Waals surface area contributed by atoms with Crippen molar-refractivity contribution in [1.29, 1.82) is 0 Å². The second-order valence-corrected chi connectivity index (χ2v) is 3.48. The van der Waals surface area contributed by atoms with Gasteiger partial charge >= 0.3 is 0 Å². The number of halogens is 2. The topological polar surface area (TPSA) is 34.9 Å². The lowest BCUT2D eigenvalue weighted by molar-refractivity contribution is 0.0922. The molecule has 12 heavy (non-hydrogen) atoms. The summed E-state index contributed by atoms with van der Waals surface area (Å²) in [6.07, 6.45) is 0. The van der Waals surface area contributed by atoms with E-state index in [1.54, 1.807) is 0 Å². The number of nitrogens with zero attached hydrogens (tertiary/aromatic N) is 2. The average Bonchev–Trinajstić information content (AvgIpc) is 2.32. The minimum Gasteiger partial charge on any atom is -0.271 e. The lowest BCUT2D eigenvalue weighted by Gasteiger charge is -1.97.